The van der Waals surface area contributed by atoms with Crippen molar-refractivity contribution in [3.63, 3.8) is 0 Å². The molecule has 8 aromatic carbocycles. The van der Waals surface area contributed by atoms with Crippen molar-refractivity contribution in [3.05, 3.63) is 230 Å². The summed E-state index contributed by atoms with van der Waals surface area (Å²) in [5, 5.41) is -10.6. The SMILES string of the molecule is CC(C)(C)c1ccc([S+](c2ccccc2)c2ccccc2)cc1.O=C(OC(C(F)(F)F)C(F)(F)S(=O)(=O)[O-])C1C2CC3CC(C2)CC1C3.O=C(OC(C(F)(F)F)C(F)(F)S(=O)(=O)[O-])c1ccc2ccccc2c1.c1ccc([S+](c2ccccc2)c2ccccc2)cc1. The molecule has 2 unspecified atom stereocenters. The number of carbonyl (C=O) groups is 2. The number of hydrogen-bond acceptors (Lipinski definition) is 10. The Bertz CT molecular complexity index is 3820. The van der Waals surface area contributed by atoms with Crippen LogP contribution in [0.4, 0.5) is 43.9 Å². The van der Waals surface area contributed by atoms with E-state index in [2.05, 4.69) is 206 Å². The third-order valence-corrected chi connectivity index (χ3v) is 21.9. The van der Waals surface area contributed by atoms with Gasteiger partial charge in [-0.15, -0.1) is 0 Å². The summed E-state index contributed by atoms with van der Waals surface area (Å²) >= 11 is 0. The van der Waals surface area contributed by atoms with Gasteiger partial charge in [0.1, 0.15) is 0 Å². The summed E-state index contributed by atoms with van der Waals surface area (Å²) in [6, 6.07) is 72.7. The number of alkyl halides is 10. The van der Waals surface area contributed by atoms with E-state index in [1.165, 1.54) is 47.1 Å². The van der Waals surface area contributed by atoms with Gasteiger partial charge in [-0.3, -0.25) is 4.79 Å². The number of ether oxygens (including phenoxy) is 2. The first-order valence-electron chi connectivity index (χ1n) is 28.7. The van der Waals surface area contributed by atoms with Gasteiger partial charge in [-0.2, -0.15) is 43.9 Å². The van der Waals surface area contributed by atoms with E-state index in [9.17, 15) is 79.4 Å². The van der Waals surface area contributed by atoms with Gasteiger partial charge in [0.2, 0.25) is 0 Å². The second-order valence-corrected chi connectivity index (χ2v) is 30.1. The predicted octanol–water partition coefficient (Wildman–Crippen LogP) is 16.6. The Kier molecular flexibility index (Phi) is 22.2. The largest absolute Gasteiger partial charge is 0.743 e. The normalized spacial score (nSPS) is 18.9. The number of rotatable bonds is 14. The standard InChI is InChI=1S/C22H23S.C18H15S.C14H17F5O5S.C14H9F5O5S/c1-22(2,3)18-14-16-21(17-15-18)23(19-10-6-4-7-11-19)20-12-8-5-9-13-20;1-4-10-16(11-5-1)19(17-12-6-2-7-13-17)18-14-8-3-9-15-18;15-13(16,17)12(14(18,19)25(21,22)23)24-11(20)10-8-2-6-1-7(4-8)5-9(10)3-6;15-13(16,17)12(14(18,19)25(21,22)23)24-11(20)10-6-5-8-3-1-2-4-9(8)7-10/h4-17H,1-3H3;1-15H;6-10,12H,1-5H2,(H,21,22,23);1-7,12H,(H,21,22,23)/q2*+1;;/p-2. The molecule has 4 aliphatic carbocycles. The molecule has 488 valence electrons. The second kappa shape index (κ2) is 29.0. The predicted molar refractivity (Wildman–Crippen MR) is 327 cm³/mol. The molecule has 8 aromatic rings. The van der Waals surface area contributed by atoms with E-state index in [0.717, 1.165) is 18.6 Å². The van der Waals surface area contributed by atoms with Crippen LogP contribution in [0, 0.1) is 29.6 Å². The summed E-state index contributed by atoms with van der Waals surface area (Å²) in [4.78, 5) is 32.2. The molecule has 92 heavy (non-hydrogen) atoms. The van der Waals surface area contributed by atoms with Crippen molar-refractivity contribution in [2.45, 2.75) is 123 Å². The van der Waals surface area contributed by atoms with Crippen molar-refractivity contribution >= 4 is 64.7 Å². The van der Waals surface area contributed by atoms with Crippen LogP contribution in [0.2, 0.25) is 0 Å². The molecule has 4 bridgehead atoms. The van der Waals surface area contributed by atoms with E-state index in [0.29, 0.717) is 48.3 Å². The lowest BCUT2D eigenvalue weighted by atomic mass is 9.52. The molecule has 4 saturated carbocycles. The first-order chi connectivity index (χ1) is 43.1. The quantitative estimate of drug-likeness (QED) is 0.0442. The summed E-state index contributed by atoms with van der Waals surface area (Å²) < 4.78 is 201. The molecule has 10 nitrogen and oxygen atoms in total. The van der Waals surface area contributed by atoms with E-state index >= 15 is 0 Å². The Balaban J connectivity index is 0.000000159. The maximum atomic E-state index is 13.5. The molecular formula is C68H62F10O10S4. The molecule has 0 spiro atoms. The number of fused-ring (bicyclic) bond motifs is 1. The highest BCUT2D eigenvalue weighted by Crippen LogP contribution is 2.57. The van der Waals surface area contributed by atoms with Crippen molar-refractivity contribution < 1.29 is 88.9 Å². The molecular weight excluding hydrogens is 1290 g/mol. The summed E-state index contributed by atoms with van der Waals surface area (Å²) in [5.41, 5.74) is 1.05. The molecule has 4 fully saturated rings. The third kappa shape index (κ3) is 17.3. The van der Waals surface area contributed by atoms with Crippen molar-refractivity contribution in [2.24, 2.45) is 29.6 Å². The van der Waals surface area contributed by atoms with E-state index in [-0.39, 0.29) is 39.0 Å². The topological polar surface area (TPSA) is 167 Å². The molecule has 0 aliphatic heterocycles. The molecule has 12 rings (SSSR count). The number of benzene rings is 8. The van der Waals surface area contributed by atoms with Crippen LogP contribution in [0.1, 0.15) is 68.8 Å². The molecule has 24 heteroatoms. The maximum Gasteiger partial charge on any atom is 0.432 e. The zero-order valence-corrected chi connectivity index (χ0v) is 52.6. The van der Waals surface area contributed by atoms with Crippen LogP contribution >= 0.6 is 0 Å². The minimum Gasteiger partial charge on any atom is -0.743 e. The van der Waals surface area contributed by atoms with E-state index in [1.807, 2.05) is 0 Å². The smallest absolute Gasteiger partial charge is 0.432 e. The van der Waals surface area contributed by atoms with Crippen LogP contribution < -0.4 is 0 Å². The number of esters is 2. The Morgan fingerprint density at radius 1 is 0.424 bits per heavy atom. The fourth-order valence-corrected chi connectivity index (χ4v) is 16.7. The van der Waals surface area contributed by atoms with Gasteiger partial charge in [-0.25, -0.2) is 21.6 Å². The van der Waals surface area contributed by atoms with Gasteiger partial charge in [-0.05, 0) is 162 Å². The van der Waals surface area contributed by atoms with Crippen LogP contribution in [0.25, 0.3) is 10.8 Å². The van der Waals surface area contributed by atoms with Crippen LogP contribution in [0.3, 0.4) is 0 Å². The van der Waals surface area contributed by atoms with Crippen LogP contribution in [-0.4, -0.2) is 72.9 Å². The average molecular weight is 1360 g/mol. The van der Waals surface area contributed by atoms with E-state index in [4.69, 9.17) is 0 Å². The Labute approximate surface area is 532 Å². The van der Waals surface area contributed by atoms with Crippen molar-refractivity contribution in [1.29, 1.82) is 0 Å². The summed E-state index contributed by atoms with van der Waals surface area (Å²) in [6.45, 7) is 6.78. The van der Waals surface area contributed by atoms with Gasteiger partial charge in [0.15, 0.2) is 49.6 Å². The van der Waals surface area contributed by atoms with Gasteiger partial charge < -0.3 is 18.6 Å². The molecule has 4 aliphatic rings. The van der Waals surface area contributed by atoms with Gasteiger partial charge in [0.05, 0.1) is 33.3 Å². The highest BCUT2D eigenvalue weighted by Gasteiger charge is 2.65. The molecule has 0 N–H and O–H groups in total. The highest BCUT2D eigenvalue weighted by molar-refractivity contribution is 7.97. The summed E-state index contributed by atoms with van der Waals surface area (Å²) in [7, 11) is -13.5. The van der Waals surface area contributed by atoms with Gasteiger partial charge >= 0.3 is 34.8 Å². The molecule has 0 saturated heterocycles. The Hall–Kier alpha value is -7.22. The molecule has 0 amide bonds. The zero-order valence-electron chi connectivity index (χ0n) is 49.4. The lowest BCUT2D eigenvalue weighted by Gasteiger charge is -2.53. The lowest BCUT2D eigenvalue weighted by molar-refractivity contribution is -0.263. The number of hydrogen-bond donors (Lipinski definition) is 0. The lowest BCUT2D eigenvalue weighted by Crippen LogP contribution is -2.55. The van der Waals surface area contributed by atoms with Crippen LogP contribution in [0.15, 0.2) is 248 Å². The molecule has 0 aromatic heterocycles. The first-order valence-corrected chi connectivity index (χ1v) is 34.0. The first kappa shape index (κ1) is 70.6. The third-order valence-electron chi connectivity index (χ3n) is 15.7. The summed E-state index contributed by atoms with van der Waals surface area (Å²) in [6.07, 6.45) is -17.1. The zero-order chi connectivity index (χ0) is 67.0. The van der Waals surface area contributed by atoms with Crippen LogP contribution in [-0.2, 0) is 61.7 Å². The number of halogens is 10. The molecule has 2 atom stereocenters. The average Bonchev–Trinajstić information content (AvgIpc) is 0.760. The molecule has 0 heterocycles. The van der Waals surface area contributed by atoms with Gasteiger partial charge in [0.25, 0.3) is 12.2 Å². The monoisotopic (exact) mass is 1360 g/mol. The maximum absolute atomic E-state index is 13.5. The van der Waals surface area contributed by atoms with Crippen molar-refractivity contribution in [1.82, 2.24) is 0 Å². The number of carbonyl (C=O) groups excluding carboxylic acids is 2. The van der Waals surface area contributed by atoms with Crippen LogP contribution in [0.5, 0.6) is 0 Å². The highest BCUT2D eigenvalue weighted by atomic mass is 32.2. The fourth-order valence-electron chi connectivity index (χ4n) is 11.6. The minimum atomic E-state index is -6.73. The second-order valence-electron chi connectivity index (χ2n) is 23.2. The van der Waals surface area contributed by atoms with E-state index < -0.39 is 78.7 Å². The molecule has 0 radical (unpaired) electrons. The van der Waals surface area contributed by atoms with Crippen molar-refractivity contribution in [2.75, 3.05) is 0 Å². The Morgan fingerprint density at radius 3 is 1.07 bits per heavy atom. The fraction of sp³-hybridized carbons (Fsp3) is 0.294. The Morgan fingerprint density at radius 2 is 0.739 bits per heavy atom. The minimum absolute atomic E-state index is 0.0146. The van der Waals surface area contributed by atoms with Gasteiger partial charge in [-0.1, -0.05) is 154 Å². The van der Waals surface area contributed by atoms with E-state index in [1.54, 1.807) is 18.2 Å². The van der Waals surface area contributed by atoms with Gasteiger partial charge in [0, 0.05) is 0 Å². The van der Waals surface area contributed by atoms with Crippen molar-refractivity contribution in [3.8, 4) is 0 Å². The summed E-state index contributed by atoms with van der Waals surface area (Å²) in [5.74, 6) is -4.01.